The van der Waals surface area contributed by atoms with E-state index < -0.39 is 0 Å². The second kappa shape index (κ2) is 9.96. The van der Waals surface area contributed by atoms with Gasteiger partial charge in [0.2, 0.25) is 11.8 Å². The van der Waals surface area contributed by atoms with Gasteiger partial charge in [-0.3, -0.25) is 9.59 Å². The monoisotopic (exact) mass is 306 g/mol. The van der Waals surface area contributed by atoms with Crippen molar-refractivity contribution in [3.63, 3.8) is 0 Å². The fourth-order valence-electron chi connectivity index (χ4n) is 2.09. The lowest BCUT2D eigenvalue weighted by Gasteiger charge is -2.32. The first-order chi connectivity index (χ1) is 9.67. The highest BCUT2D eigenvalue weighted by Gasteiger charge is 2.23. The van der Waals surface area contributed by atoms with Gasteiger partial charge >= 0.3 is 0 Å². The predicted octanol–water partition coefficient (Wildman–Crippen LogP) is 0.386. The van der Waals surface area contributed by atoms with E-state index in [4.69, 9.17) is 21.1 Å². The van der Waals surface area contributed by atoms with Gasteiger partial charge in [-0.1, -0.05) is 0 Å². The van der Waals surface area contributed by atoms with Crippen LogP contribution < -0.4 is 5.32 Å². The van der Waals surface area contributed by atoms with Crippen LogP contribution in [0.2, 0.25) is 0 Å². The third-order valence-corrected chi connectivity index (χ3v) is 3.38. The Kier molecular flexibility index (Phi) is 8.57. The smallest absolute Gasteiger partial charge is 0.246 e. The summed E-state index contributed by atoms with van der Waals surface area (Å²) in [5, 5.41) is 2.92. The van der Waals surface area contributed by atoms with Gasteiger partial charge in [0.05, 0.1) is 13.2 Å². The van der Waals surface area contributed by atoms with Gasteiger partial charge in [0.25, 0.3) is 0 Å². The molecule has 1 heterocycles. The van der Waals surface area contributed by atoms with Gasteiger partial charge in [0.1, 0.15) is 6.61 Å². The molecule has 1 aliphatic rings. The molecule has 0 spiro atoms. The number of nitrogens with one attached hydrogen (secondary N) is 1. The average Bonchev–Trinajstić information content (AvgIpc) is 2.45. The third-order valence-electron chi connectivity index (χ3n) is 3.19. The van der Waals surface area contributed by atoms with Crippen LogP contribution in [-0.2, 0) is 19.1 Å². The molecule has 20 heavy (non-hydrogen) atoms. The minimum absolute atomic E-state index is 0.0503. The summed E-state index contributed by atoms with van der Waals surface area (Å²) in [5.74, 6) is 0.327. The number of halogens is 1. The van der Waals surface area contributed by atoms with Crippen molar-refractivity contribution in [2.24, 2.45) is 0 Å². The Labute approximate surface area is 124 Å². The second-order valence-corrected chi connectivity index (χ2v) is 5.08. The summed E-state index contributed by atoms with van der Waals surface area (Å²) >= 11 is 5.56. The second-order valence-electron chi connectivity index (χ2n) is 4.71. The Balaban J connectivity index is 2.15. The number of hydrogen-bond acceptors (Lipinski definition) is 4. The van der Waals surface area contributed by atoms with Gasteiger partial charge in [-0.15, -0.1) is 11.6 Å². The van der Waals surface area contributed by atoms with Crippen LogP contribution in [-0.4, -0.2) is 68.7 Å². The summed E-state index contributed by atoms with van der Waals surface area (Å²) in [6.45, 7) is 2.29. The maximum absolute atomic E-state index is 11.7. The molecule has 0 aromatic rings. The van der Waals surface area contributed by atoms with Crippen molar-refractivity contribution in [2.75, 3.05) is 45.9 Å². The molecule has 0 atom stereocenters. The van der Waals surface area contributed by atoms with Crippen LogP contribution in [0.3, 0.4) is 0 Å². The SMILES string of the molecule is COCCOCC(=O)NC1CCN(C(=O)CCCl)CC1. The van der Waals surface area contributed by atoms with E-state index in [0.717, 1.165) is 12.8 Å². The number of alkyl halides is 1. The molecular formula is C13H23ClN2O4. The van der Waals surface area contributed by atoms with Crippen molar-refractivity contribution >= 4 is 23.4 Å². The number of carbonyl (C=O) groups excluding carboxylic acids is 2. The summed E-state index contributed by atoms with van der Waals surface area (Å²) in [6.07, 6.45) is 1.93. The number of likely N-dealkylation sites (tertiary alicyclic amines) is 1. The zero-order chi connectivity index (χ0) is 14.8. The van der Waals surface area contributed by atoms with Crippen molar-refractivity contribution in [1.82, 2.24) is 10.2 Å². The van der Waals surface area contributed by atoms with E-state index in [0.29, 0.717) is 38.6 Å². The van der Waals surface area contributed by atoms with Gasteiger partial charge in [0, 0.05) is 38.5 Å². The number of rotatable bonds is 8. The Morgan fingerprint density at radius 3 is 2.60 bits per heavy atom. The van der Waals surface area contributed by atoms with Crippen LogP contribution in [0, 0.1) is 0 Å². The highest BCUT2D eigenvalue weighted by Crippen LogP contribution is 2.11. The highest BCUT2D eigenvalue weighted by molar-refractivity contribution is 6.18. The number of carbonyl (C=O) groups is 2. The quantitative estimate of drug-likeness (QED) is 0.520. The molecule has 0 radical (unpaired) electrons. The molecular weight excluding hydrogens is 284 g/mol. The molecule has 116 valence electrons. The normalized spacial score (nSPS) is 16.2. The fourth-order valence-corrected chi connectivity index (χ4v) is 2.25. The molecule has 1 fully saturated rings. The van der Waals surface area contributed by atoms with Gasteiger partial charge in [0.15, 0.2) is 0 Å². The van der Waals surface area contributed by atoms with Crippen molar-refractivity contribution in [1.29, 1.82) is 0 Å². The number of piperidine rings is 1. The summed E-state index contributed by atoms with van der Waals surface area (Å²) in [4.78, 5) is 25.1. The molecule has 0 aliphatic carbocycles. The lowest BCUT2D eigenvalue weighted by Crippen LogP contribution is -2.47. The first-order valence-corrected chi connectivity index (χ1v) is 7.40. The molecule has 0 bridgehead atoms. The predicted molar refractivity (Wildman–Crippen MR) is 75.8 cm³/mol. The average molecular weight is 307 g/mol. The summed E-state index contributed by atoms with van der Waals surface area (Å²) < 4.78 is 9.98. The van der Waals surface area contributed by atoms with Crippen molar-refractivity contribution in [3.8, 4) is 0 Å². The minimum atomic E-state index is -0.119. The van der Waals surface area contributed by atoms with E-state index in [1.807, 2.05) is 0 Å². The lowest BCUT2D eigenvalue weighted by molar-refractivity contribution is -0.132. The maximum Gasteiger partial charge on any atom is 0.246 e. The van der Waals surface area contributed by atoms with E-state index in [-0.39, 0.29) is 24.5 Å². The molecule has 1 saturated heterocycles. The number of ether oxygens (including phenoxy) is 2. The van der Waals surface area contributed by atoms with Crippen LogP contribution in [0.5, 0.6) is 0 Å². The lowest BCUT2D eigenvalue weighted by atomic mass is 10.0. The van der Waals surface area contributed by atoms with Crippen LogP contribution >= 0.6 is 11.6 Å². The topological polar surface area (TPSA) is 67.9 Å². The Bertz CT molecular complexity index is 307. The van der Waals surface area contributed by atoms with Crippen molar-refractivity contribution in [2.45, 2.75) is 25.3 Å². The summed E-state index contributed by atoms with van der Waals surface area (Å²) in [7, 11) is 1.59. The van der Waals surface area contributed by atoms with E-state index in [1.54, 1.807) is 12.0 Å². The van der Waals surface area contributed by atoms with Crippen molar-refractivity contribution in [3.05, 3.63) is 0 Å². The molecule has 0 aromatic heterocycles. The van der Waals surface area contributed by atoms with Crippen LogP contribution in [0.25, 0.3) is 0 Å². The van der Waals surface area contributed by atoms with Crippen LogP contribution in [0.15, 0.2) is 0 Å². The van der Waals surface area contributed by atoms with Crippen LogP contribution in [0.1, 0.15) is 19.3 Å². The first kappa shape index (κ1) is 17.2. The van der Waals surface area contributed by atoms with Crippen LogP contribution in [0.4, 0.5) is 0 Å². The molecule has 0 unspecified atom stereocenters. The molecule has 6 nitrogen and oxygen atoms in total. The Hall–Kier alpha value is -0.850. The minimum Gasteiger partial charge on any atom is -0.382 e. The number of methoxy groups -OCH3 is 1. The standard InChI is InChI=1S/C13H23ClN2O4/c1-19-8-9-20-10-12(17)15-11-3-6-16(7-4-11)13(18)2-5-14/h11H,2-10H2,1H3,(H,15,17). The fraction of sp³-hybridized carbons (Fsp3) is 0.846. The molecule has 7 heteroatoms. The van der Waals surface area contributed by atoms with Gasteiger partial charge in [-0.2, -0.15) is 0 Å². The van der Waals surface area contributed by atoms with Crippen molar-refractivity contribution < 1.29 is 19.1 Å². The first-order valence-electron chi connectivity index (χ1n) is 6.87. The van der Waals surface area contributed by atoms with E-state index >= 15 is 0 Å². The summed E-state index contributed by atoms with van der Waals surface area (Å²) in [5.41, 5.74) is 0. The Morgan fingerprint density at radius 2 is 2.00 bits per heavy atom. The zero-order valence-corrected chi connectivity index (χ0v) is 12.7. The van der Waals surface area contributed by atoms with E-state index in [1.165, 1.54) is 0 Å². The largest absolute Gasteiger partial charge is 0.382 e. The van der Waals surface area contributed by atoms with E-state index in [9.17, 15) is 9.59 Å². The number of hydrogen-bond donors (Lipinski definition) is 1. The molecule has 2 amide bonds. The molecule has 0 saturated carbocycles. The summed E-state index contributed by atoms with van der Waals surface area (Å²) in [6, 6.07) is 0.119. The molecule has 0 aromatic carbocycles. The Morgan fingerprint density at radius 1 is 1.30 bits per heavy atom. The zero-order valence-electron chi connectivity index (χ0n) is 11.9. The molecule has 1 rings (SSSR count). The van der Waals surface area contributed by atoms with E-state index in [2.05, 4.69) is 5.32 Å². The highest BCUT2D eigenvalue weighted by atomic mass is 35.5. The van der Waals surface area contributed by atoms with Gasteiger partial charge in [-0.05, 0) is 12.8 Å². The number of amides is 2. The maximum atomic E-state index is 11.7. The van der Waals surface area contributed by atoms with Gasteiger partial charge in [-0.25, -0.2) is 0 Å². The number of nitrogens with zero attached hydrogens (tertiary/aromatic N) is 1. The molecule has 1 aliphatic heterocycles. The third kappa shape index (κ3) is 6.54. The van der Waals surface area contributed by atoms with Gasteiger partial charge < -0.3 is 19.7 Å². The molecule has 1 N–H and O–H groups in total.